The number of allylic oxidation sites excluding steroid dienone is 2. The summed E-state index contributed by atoms with van der Waals surface area (Å²) in [6.07, 6.45) is 3.87. The largest absolute Gasteiger partial charge is 0.213 e. The molecule has 0 fully saturated rings. The minimum absolute atomic E-state index is 1.10. The van der Waals surface area contributed by atoms with Gasteiger partial charge in [-0.1, -0.05) is 56.3 Å². The highest BCUT2D eigenvalue weighted by atomic mass is 15.0. The molecule has 0 N–H and O–H groups in total. The van der Waals surface area contributed by atoms with E-state index in [4.69, 9.17) is 0 Å². The first kappa shape index (κ1) is 16.1. The summed E-state index contributed by atoms with van der Waals surface area (Å²) in [6, 6.07) is 19.8. The highest BCUT2D eigenvalue weighted by Crippen LogP contribution is 2.42. The normalized spacial score (nSPS) is 15.0. The molecule has 0 atom stereocenters. The lowest BCUT2D eigenvalue weighted by molar-refractivity contribution is -0.661. The Hall–Kier alpha value is -2.41. The average Bonchev–Trinajstić information content (AvgIpc) is 3.26. The summed E-state index contributed by atoms with van der Waals surface area (Å²) in [5.41, 5.74) is 10.4. The van der Waals surface area contributed by atoms with Crippen molar-refractivity contribution in [3.05, 3.63) is 71.4 Å². The van der Waals surface area contributed by atoms with Gasteiger partial charge < -0.3 is 0 Å². The van der Waals surface area contributed by atoms with E-state index in [2.05, 4.69) is 66.1 Å². The third-order valence-electron chi connectivity index (χ3n) is 5.49. The van der Waals surface area contributed by atoms with E-state index in [0.29, 0.717) is 0 Å². The van der Waals surface area contributed by atoms with Gasteiger partial charge in [0.15, 0.2) is 6.54 Å². The number of rotatable bonds is 1. The summed E-state index contributed by atoms with van der Waals surface area (Å²) >= 11 is 0. The predicted octanol–water partition coefficient (Wildman–Crippen LogP) is 6.08. The van der Waals surface area contributed by atoms with Crippen molar-refractivity contribution < 1.29 is 4.57 Å². The van der Waals surface area contributed by atoms with Gasteiger partial charge in [0.05, 0.1) is 5.39 Å². The van der Waals surface area contributed by atoms with Crippen LogP contribution in [0.2, 0.25) is 0 Å². The number of hydrogen-bond donors (Lipinski definition) is 0. The van der Waals surface area contributed by atoms with Crippen LogP contribution in [-0.2, 0) is 6.54 Å². The minimum Gasteiger partial charge on any atom is -0.187 e. The van der Waals surface area contributed by atoms with E-state index in [1.54, 1.807) is 11.1 Å². The molecule has 1 aliphatic heterocycles. The van der Waals surface area contributed by atoms with Crippen molar-refractivity contribution in [2.24, 2.45) is 0 Å². The maximum absolute atomic E-state index is 2.56. The van der Waals surface area contributed by atoms with Crippen LogP contribution in [0.5, 0.6) is 0 Å². The van der Waals surface area contributed by atoms with E-state index in [0.717, 1.165) is 6.54 Å². The monoisotopic (exact) mass is 328 g/mol. The fourth-order valence-electron chi connectivity index (χ4n) is 4.55. The van der Waals surface area contributed by atoms with Crippen LogP contribution in [0.1, 0.15) is 44.4 Å². The summed E-state index contributed by atoms with van der Waals surface area (Å²) in [4.78, 5) is 0. The maximum atomic E-state index is 2.56. The van der Waals surface area contributed by atoms with Crippen LogP contribution >= 0.6 is 0 Å². The molecule has 0 saturated carbocycles. The van der Waals surface area contributed by atoms with Gasteiger partial charge in [0, 0.05) is 28.3 Å². The molecule has 126 valence electrons. The number of nitrogens with zero attached hydrogens (tertiary/aromatic N) is 1. The van der Waals surface area contributed by atoms with E-state index in [-0.39, 0.29) is 0 Å². The molecule has 1 aliphatic carbocycles. The fraction of sp³-hybridized carbons (Fsp3) is 0.292. The summed E-state index contributed by atoms with van der Waals surface area (Å²) in [6.45, 7) is 7.41. The highest BCUT2D eigenvalue weighted by Gasteiger charge is 2.36. The van der Waals surface area contributed by atoms with Crippen molar-refractivity contribution in [3.63, 3.8) is 0 Å². The van der Waals surface area contributed by atoms with Crippen LogP contribution in [0.25, 0.3) is 27.6 Å². The molecule has 2 heterocycles. The number of aromatic nitrogens is 1. The lowest BCUT2D eigenvalue weighted by atomic mass is 9.93. The molecule has 1 heteroatoms. The van der Waals surface area contributed by atoms with Gasteiger partial charge in [0.25, 0.3) is 0 Å². The van der Waals surface area contributed by atoms with Crippen molar-refractivity contribution in [1.29, 1.82) is 0 Å². The van der Waals surface area contributed by atoms with Gasteiger partial charge in [-0.3, -0.25) is 0 Å². The molecule has 2 aromatic carbocycles. The zero-order valence-corrected chi connectivity index (χ0v) is 15.5. The van der Waals surface area contributed by atoms with E-state index in [9.17, 15) is 0 Å². The standard InChI is InChI=1S/C22H20N.C2H6/c1-15-21(16-8-3-2-4-9-16)19-11-5-6-13-20(19)23-14-17-10-7-12-18(17)22(15)23;1-2/h2-6,8-9,11,13H,7,10,12,14H2,1H3;1-2H3/q+1;. The summed E-state index contributed by atoms with van der Waals surface area (Å²) < 4.78 is 2.56. The van der Waals surface area contributed by atoms with Crippen LogP contribution in [0.3, 0.4) is 0 Å². The van der Waals surface area contributed by atoms with Crippen molar-refractivity contribution >= 4 is 16.5 Å². The topological polar surface area (TPSA) is 3.88 Å². The molecule has 5 rings (SSSR count). The van der Waals surface area contributed by atoms with Crippen molar-refractivity contribution in [1.82, 2.24) is 0 Å². The van der Waals surface area contributed by atoms with Crippen molar-refractivity contribution in [2.75, 3.05) is 0 Å². The number of para-hydroxylation sites is 1. The van der Waals surface area contributed by atoms with Crippen molar-refractivity contribution in [2.45, 2.75) is 46.6 Å². The Labute approximate surface area is 150 Å². The molecular formula is C24H26N+. The Morgan fingerprint density at radius 1 is 0.840 bits per heavy atom. The van der Waals surface area contributed by atoms with Crippen LogP contribution in [0.4, 0.5) is 0 Å². The summed E-state index contributed by atoms with van der Waals surface area (Å²) in [5, 5.41) is 1.38. The average molecular weight is 328 g/mol. The number of pyridine rings is 1. The molecule has 0 amide bonds. The second-order valence-corrected chi connectivity index (χ2v) is 6.75. The maximum Gasteiger partial charge on any atom is 0.213 e. The predicted molar refractivity (Wildman–Crippen MR) is 106 cm³/mol. The Bertz CT molecular complexity index is 964. The van der Waals surface area contributed by atoms with Crippen LogP contribution in [0.15, 0.2) is 60.2 Å². The van der Waals surface area contributed by atoms with Gasteiger partial charge in [-0.15, -0.1) is 0 Å². The number of fused-ring (bicyclic) bond motifs is 4. The van der Waals surface area contributed by atoms with Gasteiger partial charge in [-0.2, -0.15) is 4.57 Å². The molecule has 0 unspecified atom stereocenters. The van der Waals surface area contributed by atoms with E-state index in [1.165, 1.54) is 52.5 Å². The van der Waals surface area contributed by atoms with Gasteiger partial charge in [-0.05, 0) is 37.8 Å². The summed E-state index contributed by atoms with van der Waals surface area (Å²) in [7, 11) is 0. The third kappa shape index (κ3) is 2.41. The van der Waals surface area contributed by atoms with Gasteiger partial charge >= 0.3 is 0 Å². The quantitative estimate of drug-likeness (QED) is 0.477. The molecule has 3 aromatic rings. The third-order valence-corrected chi connectivity index (χ3v) is 5.49. The molecule has 25 heavy (non-hydrogen) atoms. The Morgan fingerprint density at radius 3 is 2.36 bits per heavy atom. The molecule has 0 bridgehead atoms. The number of hydrogen-bond acceptors (Lipinski definition) is 0. The smallest absolute Gasteiger partial charge is 0.187 e. The molecule has 0 radical (unpaired) electrons. The van der Waals surface area contributed by atoms with Gasteiger partial charge in [0.1, 0.15) is 0 Å². The van der Waals surface area contributed by atoms with E-state index < -0.39 is 0 Å². The van der Waals surface area contributed by atoms with E-state index >= 15 is 0 Å². The van der Waals surface area contributed by atoms with E-state index in [1.807, 2.05) is 13.8 Å². The number of benzene rings is 2. The first-order valence-electron chi connectivity index (χ1n) is 9.56. The molecule has 0 spiro atoms. The summed E-state index contributed by atoms with van der Waals surface area (Å²) in [5.74, 6) is 0. The first-order chi connectivity index (χ1) is 12.3. The second-order valence-electron chi connectivity index (χ2n) is 6.75. The Balaban J connectivity index is 0.000000758. The Kier molecular flexibility index (Phi) is 4.17. The lowest BCUT2D eigenvalue weighted by Gasteiger charge is -2.13. The molecule has 2 aliphatic rings. The fourth-order valence-corrected chi connectivity index (χ4v) is 4.55. The molecule has 1 nitrogen and oxygen atoms in total. The second kappa shape index (κ2) is 6.48. The van der Waals surface area contributed by atoms with Crippen molar-refractivity contribution in [3.8, 4) is 11.1 Å². The SMILES string of the molecule is CC.Cc1c(-c2ccccc2)c2ccccc2[n+]2c1C1=C(CCC1)C2. The first-order valence-corrected chi connectivity index (χ1v) is 9.56. The zero-order valence-electron chi connectivity index (χ0n) is 15.5. The van der Waals surface area contributed by atoms with Crippen LogP contribution in [-0.4, -0.2) is 0 Å². The molecular weight excluding hydrogens is 302 g/mol. The molecule has 1 aromatic heterocycles. The minimum atomic E-state index is 1.10. The van der Waals surface area contributed by atoms with Crippen LogP contribution in [0, 0.1) is 6.92 Å². The Morgan fingerprint density at radius 2 is 1.56 bits per heavy atom. The molecule has 0 saturated heterocycles. The zero-order chi connectivity index (χ0) is 17.4. The van der Waals surface area contributed by atoms with Gasteiger partial charge in [-0.25, -0.2) is 0 Å². The highest BCUT2D eigenvalue weighted by molar-refractivity contribution is 5.96. The lowest BCUT2D eigenvalue weighted by Crippen LogP contribution is -2.37. The van der Waals surface area contributed by atoms with Crippen LogP contribution < -0.4 is 4.57 Å². The van der Waals surface area contributed by atoms with Gasteiger partial charge in [0.2, 0.25) is 11.2 Å².